The lowest BCUT2D eigenvalue weighted by molar-refractivity contribution is 0.0968. The molecule has 1 aromatic heterocycles. The Bertz CT molecular complexity index is 869. The number of aromatic nitrogens is 1. The van der Waals surface area contributed by atoms with Crippen molar-refractivity contribution in [3.8, 4) is 5.75 Å². The van der Waals surface area contributed by atoms with E-state index in [0.717, 1.165) is 48.3 Å². The summed E-state index contributed by atoms with van der Waals surface area (Å²) in [5, 5.41) is 3.47. The van der Waals surface area contributed by atoms with Crippen molar-refractivity contribution in [2.45, 2.75) is 44.2 Å². The van der Waals surface area contributed by atoms with E-state index in [1.165, 1.54) is 17.5 Å². The summed E-state index contributed by atoms with van der Waals surface area (Å²) in [6.45, 7) is 7.10. The molecule has 2 aromatic carbocycles. The number of nitrogens with one attached hydrogen (secondary N) is 1. The molecular weight excluding hydrogens is 434 g/mol. The van der Waals surface area contributed by atoms with E-state index in [4.69, 9.17) is 16.3 Å². The molecule has 4 nitrogen and oxygen atoms in total. The molecule has 0 aliphatic carbocycles. The number of halogens is 1. The number of benzene rings is 2. The molecule has 2 heterocycles. The Hall–Kier alpha value is -1.73. The van der Waals surface area contributed by atoms with Crippen molar-refractivity contribution < 1.29 is 4.74 Å². The molecule has 4 rings (SSSR count). The largest absolute Gasteiger partial charge is 0.489 e. The highest BCUT2D eigenvalue weighted by molar-refractivity contribution is 8.00. The zero-order chi connectivity index (χ0) is 21.2. The summed E-state index contributed by atoms with van der Waals surface area (Å²) in [5.74, 6) is 0.766. The van der Waals surface area contributed by atoms with Gasteiger partial charge >= 0.3 is 0 Å². The van der Waals surface area contributed by atoms with Crippen molar-refractivity contribution in [1.29, 1.82) is 0 Å². The van der Waals surface area contributed by atoms with Gasteiger partial charge in [-0.3, -0.25) is 4.90 Å². The Morgan fingerprint density at radius 3 is 2.60 bits per heavy atom. The Balaban J connectivity index is 0.00000124. The van der Waals surface area contributed by atoms with Crippen LogP contribution in [0.5, 0.6) is 5.75 Å². The maximum Gasteiger partial charge on any atom is 0.192 e. The predicted molar refractivity (Wildman–Crippen MR) is 130 cm³/mol. The minimum absolute atomic E-state index is 0.219. The van der Waals surface area contributed by atoms with Gasteiger partial charge in [0.25, 0.3) is 0 Å². The van der Waals surface area contributed by atoms with Gasteiger partial charge in [-0.25, -0.2) is 4.98 Å². The molecule has 1 saturated heterocycles. The molecule has 0 saturated carbocycles. The van der Waals surface area contributed by atoms with Gasteiger partial charge in [-0.1, -0.05) is 55.8 Å². The summed E-state index contributed by atoms with van der Waals surface area (Å²) in [5.41, 5.74) is 1.37. The first-order valence-electron chi connectivity index (χ1n) is 10.3. The van der Waals surface area contributed by atoms with E-state index in [-0.39, 0.29) is 6.10 Å². The van der Waals surface area contributed by atoms with Crippen LogP contribution in [-0.4, -0.2) is 29.1 Å². The molecule has 1 aliphatic heterocycles. The van der Waals surface area contributed by atoms with Gasteiger partial charge in [0.05, 0.1) is 5.02 Å². The Labute approximate surface area is 192 Å². The first kappa shape index (κ1) is 22.9. The average molecular weight is 462 g/mol. The van der Waals surface area contributed by atoms with Crippen molar-refractivity contribution in [2.24, 2.45) is 0 Å². The van der Waals surface area contributed by atoms with Crippen LogP contribution < -0.4 is 9.46 Å². The molecule has 0 bridgehead atoms. The molecule has 1 N–H and O–H groups in total. The molecule has 0 spiro atoms. The Kier molecular flexibility index (Phi) is 9.33. The van der Waals surface area contributed by atoms with Crippen molar-refractivity contribution in [3.63, 3.8) is 0 Å². The number of hydrogen-bond acceptors (Lipinski definition) is 6. The number of ether oxygens (including phenoxy) is 1. The lowest BCUT2D eigenvalue weighted by Gasteiger charge is -2.32. The van der Waals surface area contributed by atoms with Crippen LogP contribution in [0.25, 0.3) is 0 Å². The number of piperidine rings is 1. The second-order valence-corrected chi connectivity index (χ2v) is 8.89. The SMILES string of the molecule is CC.Clc1cc(SNc2nccs2)ccc1OC1CCN(Cc2ccccc2)CC1. The molecule has 0 amide bonds. The van der Waals surface area contributed by atoms with Crippen LogP contribution in [0.3, 0.4) is 0 Å². The van der Waals surface area contributed by atoms with E-state index < -0.39 is 0 Å². The van der Waals surface area contributed by atoms with E-state index in [2.05, 4.69) is 44.9 Å². The minimum Gasteiger partial charge on any atom is -0.489 e. The minimum atomic E-state index is 0.219. The van der Waals surface area contributed by atoms with Crippen molar-refractivity contribution in [2.75, 3.05) is 17.8 Å². The van der Waals surface area contributed by atoms with Gasteiger partial charge in [0.1, 0.15) is 11.9 Å². The topological polar surface area (TPSA) is 37.4 Å². The maximum atomic E-state index is 6.46. The van der Waals surface area contributed by atoms with Crippen LogP contribution in [0.15, 0.2) is 65.0 Å². The molecule has 0 unspecified atom stereocenters. The van der Waals surface area contributed by atoms with E-state index in [9.17, 15) is 0 Å². The van der Waals surface area contributed by atoms with Crippen LogP contribution in [0.2, 0.25) is 5.02 Å². The molecule has 7 heteroatoms. The van der Waals surface area contributed by atoms with Gasteiger partial charge < -0.3 is 9.46 Å². The van der Waals surface area contributed by atoms with Crippen LogP contribution in [-0.2, 0) is 6.54 Å². The fourth-order valence-electron chi connectivity index (χ4n) is 3.22. The van der Waals surface area contributed by atoms with Crippen LogP contribution in [0.4, 0.5) is 5.13 Å². The van der Waals surface area contributed by atoms with Gasteiger partial charge in [-0.05, 0) is 48.6 Å². The molecule has 30 heavy (non-hydrogen) atoms. The first-order valence-corrected chi connectivity index (χ1v) is 12.4. The van der Waals surface area contributed by atoms with Gasteiger partial charge in [0.2, 0.25) is 0 Å². The fourth-order valence-corrected chi connectivity index (χ4v) is 4.77. The number of thiazole rings is 1. The van der Waals surface area contributed by atoms with Crippen molar-refractivity contribution in [1.82, 2.24) is 9.88 Å². The summed E-state index contributed by atoms with van der Waals surface area (Å²) in [6.07, 6.45) is 4.04. The average Bonchev–Trinajstić information content (AvgIpc) is 3.31. The van der Waals surface area contributed by atoms with Gasteiger partial charge in [0.15, 0.2) is 5.13 Å². The standard InChI is InChI=1S/C21H22ClN3OS2.C2H6/c22-19-14-18(28-24-21-23-10-13-27-21)6-7-20(19)26-17-8-11-25(12-9-17)15-16-4-2-1-3-5-16;1-2/h1-7,10,13-14,17H,8-9,11-12,15H2,(H,23,24);1-2H3. The predicted octanol–water partition coefficient (Wildman–Crippen LogP) is 6.99. The summed E-state index contributed by atoms with van der Waals surface area (Å²) < 4.78 is 9.40. The number of likely N-dealkylation sites (tertiary alicyclic amines) is 1. The maximum absolute atomic E-state index is 6.46. The third kappa shape index (κ3) is 6.91. The molecular formula is C23H28ClN3OS2. The highest BCUT2D eigenvalue weighted by Crippen LogP contribution is 2.32. The Morgan fingerprint density at radius 2 is 1.93 bits per heavy atom. The monoisotopic (exact) mass is 461 g/mol. The fraction of sp³-hybridized carbons (Fsp3) is 0.348. The highest BCUT2D eigenvalue weighted by atomic mass is 35.5. The van der Waals surface area contributed by atoms with E-state index in [0.29, 0.717) is 5.02 Å². The number of rotatable bonds is 7. The first-order chi connectivity index (χ1) is 14.8. The number of anilines is 1. The van der Waals surface area contributed by atoms with E-state index >= 15 is 0 Å². The van der Waals surface area contributed by atoms with Crippen LogP contribution in [0.1, 0.15) is 32.3 Å². The lowest BCUT2D eigenvalue weighted by Crippen LogP contribution is -2.37. The summed E-state index contributed by atoms with van der Waals surface area (Å²) >= 11 is 9.52. The molecule has 160 valence electrons. The molecule has 1 aliphatic rings. The van der Waals surface area contributed by atoms with Gasteiger partial charge in [0, 0.05) is 36.1 Å². The van der Waals surface area contributed by atoms with E-state index in [1.54, 1.807) is 17.5 Å². The molecule has 0 atom stereocenters. The third-order valence-electron chi connectivity index (χ3n) is 4.67. The molecule has 0 radical (unpaired) electrons. The smallest absolute Gasteiger partial charge is 0.192 e. The Morgan fingerprint density at radius 1 is 1.17 bits per heavy atom. The molecule has 3 aromatic rings. The van der Waals surface area contributed by atoms with E-state index in [1.807, 2.05) is 37.4 Å². The lowest BCUT2D eigenvalue weighted by atomic mass is 10.1. The zero-order valence-electron chi connectivity index (χ0n) is 17.4. The number of nitrogens with zero attached hydrogens (tertiary/aromatic N) is 2. The normalized spacial score (nSPS) is 14.6. The molecule has 1 fully saturated rings. The van der Waals surface area contributed by atoms with Gasteiger partial charge in [-0.15, -0.1) is 11.3 Å². The third-order valence-corrected chi connectivity index (χ3v) is 6.57. The summed E-state index contributed by atoms with van der Waals surface area (Å²) in [6, 6.07) is 16.6. The summed E-state index contributed by atoms with van der Waals surface area (Å²) in [4.78, 5) is 7.73. The number of hydrogen-bond donors (Lipinski definition) is 1. The highest BCUT2D eigenvalue weighted by Gasteiger charge is 2.21. The van der Waals surface area contributed by atoms with Crippen LogP contribution in [0, 0.1) is 0 Å². The van der Waals surface area contributed by atoms with Crippen molar-refractivity contribution >= 4 is 40.0 Å². The van der Waals surface area contributed by atoms with Crippen molar-refractivity contribution in [3.05, 3.63) is 70.7 Å². The quantitative estimate of drug-likeness (QED) is 0.384. The zero-order valence-corrected chi connectivity index (χ0v) is 19.8. The summed E-state index contributed by atoms with van der Waals surface area (Å²) in [7, 11) is 0. The van der Waals surface area contributed by atoms with Crippen LogP contribution >= 0.6 is 34.9 Å². The van der Waals surface area contributed by atoms with Gasteiger partial charge in [-0.2, -0.15) is 0 Å². The second-order valence-electron chi connectivity index (χ2n) is 6.71. The second kappa shape index (κ2) is 12.2.